The Morgan fingerprint density at radius 1 is 0.656 bits per heavy atom. The SMILES string of the molecule is C[C@@H](O)[C@H](NC(=O)[C@H](CCC(=O)O)NC(=O)[C@H](CCCN=C(N)N)NC(=O)OCc1ccccc1)C(=O)N[C@@H](Cc1ccccc1)C(=O)P(=O)(Oc1ccccc1)Oc1ccccc1. The van der Waals surface area contributed by atoms with Crippen LogP contribution in [-0.2, 0) is 46.3 Å². The number of para-hydroxylation sites is 2. The van der Waals surface area contributed by atoms with E-state index in [1.54, 1.807) is 97.1 Å². The van der Waals surface area contributed by atoms with Gasteiger partial charge >= 0.3 is 19.7 Å². The Labute approximate surface area is 369 Å². The van der Waals surface area contributed by atoms with Gasteiger partial charge in [0.2, 0.25) is 17.7 Å². The summed E-state index contributed by atoms with van der Waals surface area (Å²) in [6, 6.07) is 26.2. The Bertz CT molecular complexity index is 2190. The molecule has 0 radical (unpaired) electrons. The number of hydrogen-bond acceptors (Lipinski definition) is 12. The molecule has 0 fully saturated rings. The van der Waals surface area contributed by atoms with Crippen LogP contribution in [0.2, 0.25) is 0 Å². The van der Waals surface area contributed by atoms with Crippen molar-refractivity contribution < 1.29 is 57.3 Å². The van der Waals surface area contributed by atoms with Crippen LogP contribution in [0.1, 0.15) is 43.7 Å². The number of carbonyl (C=O) groups is 6. The summed E-state index contributed by atoms with van der Waals surface area (Å²) in [6.07, 6.45) is -3.87. The third kappa shape index (κ3) is 16.6. The van der Waals surface area contributed by atoms with Crippen LogP contribution < -0.4 is 41.8 Å². The molecule has 4 aromatic rings. The van der Waals surface area contributed by atoms with Gasteiger partial charge in [-0.3, -0.25) is 29.0 Å². The van der Waals surface area contributed by atoms with Gasteiger partial charge in [-0.25, -0.2) is 9.36 Å². The molecule has 4 aromatic carbocycles. The highest BCUT2D eigenvalue weighted by Gasteiger charge is 2.45. The summed E-state index contributed by atoms with van der Waals surface area (Å²) in [4.78, 5) is 84.5. The van der Waals surface area contributed by atoms with Crippen LogP contribution in [-0.4, -0.2) is 88.3 Å². The molecule has 0 aromatic heterocycles. The van der Waals surface area contributed by atoms with Crippen molar-refractivity contribution in [2.24, 2.45) is 16.5 Å². The molecule has 0 heterocycles. The molecule has 0 unspecified atom stereocenters. The van der Waals surface area contributed by atoms with Crippen molar-refractivity contribution in [3.8, 4) is 11.5 Å². The Balaban J connectivity index is 1.58. The number of guanidine groups is 1. The maximum Gasteiger partial charge on any atom is 0.500 e. The van der Waals surface area contributed by atoms with Gasteiger partial charge in [-0.05, 0) is 61.6 Å². The number of benzene rings is 4. The molecule has 4 rings (SSSR count). The largest absolute Gasteiger partial charge is 0.500 e. The number of aliphatic imine (C=N–C) groups is 1. The highest BCUT2D eigenvalue weighted by molar-refractivity contribution is 7.72. The van der Waals surface area contributed by atoms with Crippen LogP contribution in [0.5, 0.6) is 11.5 Å². The number of carboxylic acid groups (broad SMARTS) is 1. The summed E-state index contributed by atoms with van der Waals surface area (Å²) in [5, 5.41) is 30.1. The first kappa shape index (κ1) is 49.4. The van der Waals surface area contributed by atoms with Crippen LogP contribution in [0.15, 0.2) is 126 Å². The summed E-state index contributed by atoms with van der Waals surface area (Å²) in [7, 11) is -4.86. The van der Waals surface area contributed by atoms with Gasteiger partial charge in [0.15, 0.2) is 5.96 Å². The number of ether oxygens (including phenoxy) is 1. The number of carbonyl (C=O) groups excluding carboxylic acids is 5. The van der Waals surface area contributed by atoms with Gasteiger partial charge in [-0.2, -0.15) is 0 Å². The van der Waals surface area contributed by atoms with Crippen LogP contribution in [0, 0.1) is 0 Å². The Kier molecular flexibility index (Phi) is 19.3. The van der Waals surface area contributed by atoms with Crippen LogP contribution in [0.25, 0.3) is 0 Å². The third-order valence-corrected chi connectivity index (χ3v) is 11.0. The molecule has 0 saturated heterocycles. The molecule has 340 valence electrons. The van der Waals surface area contributed by atoms with E-state index in [0.717, 1.165) is 0 Å². The predicted octanol–water partition coefficient (Wildman–Crippen LogP) is 3.16. The lowest BCUT2D eigenvalue weighted by Crippen LogP contribution is -2.60. The van der Waals surface area contributed by atoms with Gasteiger partial charge in [0.25, 0.3) is 5.52 Å². The first-order chi connectivity index (χ1) is 30.6. The summed E-state index contributed by atoms with van der Waals surface area (Å²) in [5.41, 5.74) is 10.8. The van der Waals surface area contributed by atoms with Gasteiger partial charge in [-0.1, -0.05) is 97.1 Å². The maximum absolute atomic E-state index is 14.6. The lowest BCUT2D eigenvalue weighted by molar-refractivity contribution is -0.139. The molecule has 64 heavy (non-hydrogen) atoms. The fourth-order valence-electron chi connectivity index (χ4n) is 6.00. The molecule has 5 atom stereocenters. The van der Waals surface area contributed by atoms with E-state index in [9.17, 15) is 43.5 Å². The van der Waals surface area contributed by atoms with Crippen molar-refractivity contribution >= 4 is 48.9 Å². The number of rotatable bonds is 25. The lowest BCUT2D eigenvalue weighted by Gasteiger charge is -2.28. The van der Waals surface area contributed by atoms with Crippen molar-refractivity contribution in [2.45, 2.75) is 75.9 Å². The van der Waals surface area contributed by atoms with Gasteiger partial charge in [0.1, 0.15) is 42.3 Å². The topological polar surface area (TPSA) is 300 Å². The number of aliphatic hydroxyl groups excluding tert-OH is 1. The van der Waals surface area contributed by atoms with E-state index in [1.807, 2.05) is 0 Å². The average molecular weight is 902 g/mol. The molecule has 0 aliphatic heterocycles. The fourth-order valence-corrected chi connectivity index (χ4v) is 7.55. The summed E-state index contributed by atoms with van der Waals surface area (Å²) in [6.45, 7) is 1.11. The van der Waals surface area contributed by atoms with Gasteiger partial charge < -0.3 is 56.7 Å². The molecule has 0 bridgehead atoms. The average Bonchev–Trinajstić information content (AvgIpc) is 3.27. The van der Waals surface area contributed by atoms with Gasteiger partial charge in [0.05, 0.1) is 6.10 Å². The highest BCUT2D eigenvalue weighted by atomic mass is 31.2. The minimum Gasteiger partial charge on any atom is -0.481 e. The number of aliphatic carboxylic acids is 1. The molecule has 0 aliphatic carbocycles. The Morgan fingerprint density at radius 3 is 1.66 bits per heavy atom. The molecular weight excluding hydrogens is 849 g/mol. The van der Waals surface area contributed by atoms with Crippen LogP contribution >= 0.6 is 7.60 Å². The van der Waals surface area contributed by atoms with Crippen molar-refractivity contribution in [3.63, 3.8) is 0 Å². The van der Waals surface area contributed by atoms with Crippen molar-refractivity contribution in [1.82, 2.24) is 21.3 Å². The maximum atomic E-state index is 14.6. The van der Waals surface area contributed by atoms with E-state index in [-0.39, 0.29) is 49.9 Å². The van der Waals surface area contributed by atoms with Crippen molar-refractivity contribution in [3.05, 3.63) is 132 Å². The Morgan fingerprint density at radius 2 is 1.14 bits per heavy atom. The summed E-state index contributed by atoms with van der Waals surface area (Å²) >= 11 is 0. The lowest BCUT2D eigenvalue weighted by atomic mass is 10.0. The van der Waals surface area contributed by atoms with Crippen LogP contribution in [0.4, 0.5) is 4.79 Å². The molecule has 19 nitrogen and oxygen atoms in total. The number of alkyl carbamates (subject to hydrolysis) is 1. The normalized spacial score (nSPS) is 13.3. The van der Waals surface area contributed by atoms with E-state index in [0.29, 0.717) is 11.1 Å². The fraction of sp³-hybridized carbons (Fsp3) is 0.295. The molecule has 0 aliphatic rings. The van der Waals surface area contributed by atoms with E-state index in [4.69, 9.17) is 25.3 Å². The van der Waals surface area contributed by atoms with Crippen molar-refractivity contribution in [1.29, 1.82) is 0 Å². The minimum atomic E-state index is -4.86. The number of hydrogen-bond donors (Lipinski definition) is 8. The van der Waals surface area contributed by atoms with Gasteiger partial charge in [-0.15, -0.1) is 0 Å². The zero-order valence-corrected chi connectivity index (χ0v) is 35.8. The zero-order valence-electron chi connectivity index (χ0n) is 34.9. The first-order valence-corrected chi connectivity index (χ1v) is 21.7. The second-order valence-corrected chi connectivity index (χ2v) is 16.1. The monoisotopic (exact) mass is 901 g/mol. The molecular formula is C44H52N7O12P. The summed E-state index contributed by atoms with van der Waals surface area (Å²) < 4.78 is 31.4. The van der Waals surface area contributed by atoms with Crippen molar-refractivity contribution in [2.75, 3.05) is 6.54 Å². The second kappa shape index (κ2) is 25.0. The molecule has 4 amide bonds. The van der Waals surface area contributed by atoms with E-state index in [1.165, 1.54) is 31.2 Å². The molecule has 0 saturated carbocycles. The molecule has 20 heteroatoms. The smallest absolute Gasteiger partial charge is 0.481 e. The standard InChI is InChI=1S/C44H52N7O12P/c1-29(52)38(41(57)49-36(27-30-15-6-2-7-16-30)42(58)64(60,62-32-19-10-4-11-20-32)63-33-21-12-5-13-22-33)51-40(56)35(24-25-37(53)54)48-39(55)34(23-14-26-47-43(45)46)50-44(59)61-28-31-17-8-3-9-18-31/h2-13,15-22,29,34-36,38,52H,14,23-28H2,1H3,(H,48,55)(H,49,57)(H,50,59)(H,51,56)(H,53,54)(H4,45,46,47)/t29-,34+,35+,36+,38+/m1/s1. The number of nitrogens with one attached hydrogen (secondary N) is 4. The number of amides is 4. The number of nitrogens with zero attached hydrogens (tertiary/aromatic N) is 1. The Hall–Kier alpha value is -7.24. The first-order valence-electron chi connectivity index (χ1n) is 20.1. The van der Waals surface area contributed by atoms with E-state index < -0.39 is 86.0 Å². The quantitative estimate of drug-likeness (QED) is 0.0205. The second-order valence-electron chi connectivity index (χ2n) is 14.3. The number of carboxylic acids is 1. The summed E-state index contributed by atoms with van der Waals surface area (Å²) in [5.74, 6) is -4.62. The minimum absolute atomic E-state index is 0.0266. The highest BCUT2D eigenvalue weighted by Crippen LogP contribution is 2.50. The number of nitrogens with two attached hydrogens (primary N) is 2. The van der Waals surface area contributed by atoms with Crippen LogP contribution in [0.3, 0.4) is 0 Å². The third-order valence-electron chi connectivity index (χ3n) is 9.21. The van der Waals surface area contributed by atoms with Gasteiger partial charge in [0, 0.05) is 19.4 Å². The molecule has 0 spiro atoms. The predicted molar refractivity (Wildman–Crippen MR) is 235 cm³/mol. The number of aliphatic hydroxyl groups is 1. The zero-order chi connectivity index (χ0) is 46.5. The molecule has 10 N–H and O–H groups in total. The van der Waals surface area contributed by atoms with E-state index >= 15 is 0 Å². The van der Waals surface area contributed by atoms with E-state index in [2.05, 4.69) is 26.3 Å².